The molecule has 0 aliphatic rings. The Morgan fingerprint density at radius 2 is 1.80 bits per heavy atom. The van der Waals surface area contributed by atoms with Crippen molar-refractivity contribution >= 4 is 17.6 Å². The number of halogens is 3. The van der Waals surface area contributed by atoms with Gasteiger partial charge >= 0.3 is 0 Å². The first-order valence-corrected chi connectivity index (χ1v) is 8.45. The highest BCUT2D eigenvalue weighted by Crippen LogP contribution is 2.19. The minimum Gasteiger partial charge on any atom is -0.357 e. The number of benzene rings is 1. The topological polar surface area (TPSA) is 65.5 Å². The number of carbonyl (C=O) groups is 1. The minimum absolute atomic E-state index is 0.275. The van der Waals surface area contributed by atoms with Crippen LogP contribution in [0.3, 0.4) is 0 Å². The van der Waals surface area contributed by atoms with Gasteiger partial charge in [0.05, 0.1) is 5.69 Å². The molecule has 8 heteroatoms. The van der Waals surface area contributed by atoms with Crippen LogP contribution in [0.4, 0.5) is 18.9 Å². The summed E-state index contributed by atoms with van der Waals surface area (Å²) in [5, 5.41) is 8.27. The van der Waals surface area contributed by atoms with Crippen LogP contribution in [-0.4, -0.2) is 31.5 Å². The Morgan fingerprint density at radius 3 is 2.48 bits per heavy atom. The first-order chi connectivity index (χ1) is 12.0. The Bertz CT molecular complexity index is 594. The van der Waals surface area contributed by atoms with E-state index < -0.39 is 29.0 Å². The smallest absolute Gasteiger partial charge is 0.246 e. The number of carbonyl (C=O) groups excluding carboxylic acids is 1. The zero-order valence-corrected chi connectivity index (χ0v) is 14.6. The molecule has 0 aliphatic heterocycles. The average molecular weight is 358 g/mol. The van der Waals surface area contributed by atoms with Crippen LogP contribution < -0.4 is 16.0 Å². The lowest BCUT2D eigenvalue weighted by atomic mass is 10.2. The number of anilines is 1. The van der Waals surface area contributed by atoms with Gasteiger partial charge in [0.25, 0.3) is 0 Å². The Hall–Kier alpha value is -2.25. The fourth-order valence-corrected chi connectivity index (χ4v) is 2.06. The van der Waals surface area contributed by atoms with Gasteiger partial charge in [0, 0.05) is 13.1 Å². The van der Waals surface area contributed by atoms with Gasteiger partial charge < -0.3 is 16.0 Å². The summed E-state index contributed by atoms with van der Waals surface area (Å²) in [6, 6.07) is 1.71. The van der Waals surface area contributed by atoms with E-state index in [1.165, 1.54) is 0 Å². The first kappa shape index (κ1) is 20.8. The number of rotatable bonds is 9. The van der Waals surface area contributed by atoms with Gasteiger partial charge in [-0.2, -0.15) is 0 Å². The third-order valence-corrected chi connectivity index (χ3v) is 3.36. The zero-order chi connectivity index (χ0) is 18.7. The Balaban J connectivity index is 2.54. The van der Waals surface area contributed by atoms with E-state index in [2.05, 4.69) is 27.9 Å². The predicted octanol–water partition coefficient (Wildman–Crippen LogP) is 3.18. The molecule has 0 spiro atoms. The van der Waals surface area contributed by atoms with E-state index in [9.17, 15) is 18.0 Å². The molecular formula is C17H25F3N4O. The van der Waals surface area contributed by atoms with Crippen molar-refractivity contribution in [3.05, 3.63) is 29.6 Å². The van der Waals surface area contributed by atoms with Crippen LogP contribution >= 0.6 is 0 Å². The second-order valence-corrected chi connectivity index (χ2v) is 5.45. The highest BCUT2D eigenvalue weighted by atomic mass is 19.2. The fraction of sp³-hybridized carbons (Fsp3) is 0.529. The molecule has 25 heavy (non-hydrogen) atoms. The van der Waals surface area contributed by atoms with E-state index in [0.717, 1.165) is 44.4 Å². The molecule has 0 radical (unpaired) electrons. The van der Waals surface area contributed by atoms with Crippen LogP contribution in [0.2, 0.25) is 0 Å². The molecule has 1 aromatic rings. The number of hydrogen-bond donors (Lipinski definition) is 3. The Labute approximate surface area is 146 Å². The predicted molar refractivity (Wildman–Crippen MR) is 93.1 cm³/mol. The Kier molecular flexibility index (Phi) is 9.42. The van der Waals surface area contributed by atoms with Gasteiger partial charge in [-0.05, 0) is 25.5 Å². The molecule has 1 amide bonds. The normalized spacial score (nSPS) is 11.3. The summed E-state index contributed by atoms with van der Waals surface area (Å²) in [6.07, 6.45) is 4.41. The van der Waals surface area contributed by atoms with Gasteiger partial charge in [0.15, 0.2) is 23.4 Å². The minimum atomic E-state index is -1.62. The number of unbranched alkanes of at least 4 members (excludes halogenated alkanes) is 3. The molecule has 0 fully saturated rings. The van der Waals surface area contributed by atoms with Crippen LogP contribution in [0.25, 0.3) is 0 Å². The van der Waals surface area contributed by atoms with E-state index in [0.29, 0.717) is 12.5 Å². The lowest BCUT2D eigenvalue weighted by Crippen LogP contribution is -2.38. The quantitative estimate of drug-likeness (QED) is 0.275. The van der Waals surface area contributed by atoms with E-state index in [1.54, 1.807) is 0 Å². The maximum absolute atomic E-state index is 13.5. The molecule has 0 heterocycles. The van der Waals surface area contributed by atoms with Crippen molar-refractivity contribution in [2.75, 3.05) is 25.0 Å². The summed E-state index contributed by atoms with van der Waals surface area (Å²) in [4.78, 5) is 15.9. The van der Waals surface area contributed by atoms with Crippen molar-refractivity contribution < 1.29 is 18.0 Å². The molecule has 0 saturated heterocycles. The lowest BCUT2D eigenvalue weighted by Gasteiger charge is -2.11. The summed E-state index contributed by atoms with van der Waals surface area (Å²) >= 11 is 0. The molecule has 140 valence electrons. The number of nitrogens with one attached hydrogen (secondary N) is 3. The van der Waals surface area contributed by atoms with Crippen molar-refractivity contribution in [2.45, 2.75) is 39.5 Å². The maximum atomic E-state index is 13.5. The molecule has 0 saturated carbocycles. The molecule has 5 nitrogen and oxygen atoms in total. The zero-order valence-electron chi connectivity index (χ0n) is 14.6. The summed E-state index contributed by atoms with van der Waals surface area (Å²) < 4.78 is 39.5. The molecule has 0 aliphatic carbocycles. The molecule has 1 rings (SSSR count). The van der Waals surface area contributed by atoms with Gasteiger partial charge in [-0.3, -0.25) is 4.79 Å². The van der Waals surface area contributed by atoms with Crippen molar-refractivity contribution in [3.63, 3.8) is 0 Å². The number of aliphatic imine (C=N–C) groups is 1. The van der Waals surface area contributed by atoms with Crippen molar-refractivity contribution in [3.8, 4) is 0 Å². The molecule has 1 aromatic carbocycles. The van der Waals surface area contributed by atoms with E-state index in [1.807, 2.05) is 6.92 Å². The molecule has 0 unspecified atom stereocenters. The molecular weight excluding hydrogens is 333 g/mol. The van der Waals surface area contributed by atoms with Gasteiger partial charge in [-0.25, -0.2) is 18.2 Å². The van der Waals surface area contributed by atoms with Crippen LogP contribution in [-0.2, 0) is 4.79 Å². The number of nitrogens with zero attached hydrogens (tertiary/aromatic N) is 1. The second-order valence-electron chi connectivity index (χ2n) is 5.45. The van der Waals surface area contributed by atoms with E-state index in [-0.39, 0.29) is 6.54 Å². The van der Waals surface area contributed by atoms with Gasteiger partial charge in [0.2, 0.25) is 5.91 Å². The standard InChI is InChI=1S/C17H25F3N4O/c1-3-5-6-7-10-22-17(21-4-2)23-11-14(25)24-13-9-8-12(18)15(19)16(13)20/h8-9H,3-7,10-11H2,1-2H3,(H,24,25)(H2,21,22,23). The molecule has 0 atom stereocenters. The van der Waals surface area contributed by atoms with Crippen LogP contribution in [0, 0.1) is 17.5 Å². The van der Waals surface area contributed by atoms with Crippen molar-refractivity contribution in [2.24, 2.45) is 4.99 Å². The average Bonchev–Trinajstić information content (AvgIpc) is 2.60. The highest BCUT2D eigenvalue weighted by molar-refractivity contribution is 5.94. The summed E-state index contributed by atoms with van der Waals surface area (Å²) in [6.45, 7) is 5.10. The lowest BCUT2D eigenvalue weighted by molar-refractivity contribution is -0.114. The van der Waals surface area contributed by atoms with Crippen LogP contribution in [0.5, 0.6) is 0 Å². The first-order valence-electron chi connectivity index (χ1n) is 8.45. The van der Waals surface area contributed by atoms with Crippen LogP contribution in [0.15, 0.2) is 17.1 Å². The molecule has 0 aromatic heterocycles. The second kappa shape index (κ2) is 11.3. The van der Waals surface area contributed by atoms with Gasteiger partial charge in [0.1, 0.15) is 6.54 Å². The third kappa shape index (κ3) is 7.45. The third-order valence-electron chi connectivity index (χ3n) is 3.36. The van der Waals surface area contributed by atoms with Crippen molar-refractivity contribution in [1.82, 2.24) is 10.6 Å². The number of amides is 1. The Morgan fingerprint density at radius 1 is 1.04 bits per heavy atom. The number of hydrogen-bond acceptors (Lipinski definition) is 2. The molecule has 0 bridgehead atoms. The van der Waals surface area contributed by atoms with Crippen molar-refractivity contribution in [1.29, 1.82) is 0 Å². The number of guanidine groups is 1. The fourth-order valence-electron chi connectivity index (χ4n) is 2.06. The maximum Gasteiger partial charge on any atom is 0.246 e. The summed E-state index contributed by atoms with van der Waals surface area (Å²) in [5.41, 5.74) is -0.420. The largest absolute Gasteiger partial charge is 0.357 e. The van der Waals surface area contributed by atoms with E-state index >= 15 is 0 Å². The summed E-state index contributed by atoms with van der Waals surface area (Å²) in [5.74, 6) is -4.52. The SMILES string of the molecule is CCCCCCNC(=NCC(=O)Nc1ccc(F)c(F)c1F)NCC. The van der Waals surface area contributed by atoms with Gasteiger partial charge in [-0.1, -0.05) is 26.2 Å². The summed E-state index contributed by atoms with van der Waals surface area (Å²) in [7, 11) is 0. The van der Waals surface area contributed by atoms with Gasteiger partial charge in [-0.15, -0.1) is 0 Å². The molecule has 3 N–H and O–H groups in total. The van der Waals surface area contributed by atoms with Crippen LogP contribution in [0.1, 0.15) is 39.5 Å². The highest BCUT2D eigenvalue weighted by Gasteiger charge is 2.15. The van der Waals surface area contributed by atoms with E-state index in [4.69, 9.17) is 0 Å². The monoisotopic (exact) mass is 358 g/mol.